The number of rotatable bonds is 9. The Bertz CT molecular complexity index is 1110. The Morgan fingerprint density at radius 3 is 2.47 bits per heavy atom. The molecule has 3 atom stereocenters. The number of methoxy groups -OCH3 is 3. The number of ether oxygens (including phenoxy) is 5. The fourth-order valence-corrected chi connectivity index (χ4v) is 5.73. The van der Waals surface area contributed by atoms with E-state index < -0.39 is 5.41 Å². The molecule has 7 heteroatoms. The van der Waals surface area contributed by atoms with Gasteiger partial charge in [0.1, 0.15) is 6.61 Å². The van der Waals surface area contributed by atoms with Crippen molar-refractivity contribution >= 4 is 0 Å². The monoisotopic (exact) mass is 494 g/mol. The predicted octanol–water partition coefficient (Wildman–Crippen LogP) is 5.25. The zero-order valence-electron chi connectivity index (χ0n) is 22.3. The van der Waals surface area contributed by atoms with E-state index in [4.69, 9.17) is 23.7 Å². The molecular weight excluding hydrogens is 456 g/mol. The van der Waals surface area contributed by atoms with E-state index in [-0.39, 0.29) is 12.0 Å². The molecule has 0 saturated heterocycles. The Morgan fingerprint density at radius 2 is 1.83 bits per heavy atom. The van der Waals surface area contributed by atoms with Gasteiger partial charge >= 0.3 is 0 Å². The Labute approximate surface area is 214 Å². The van der Waals surface area contributed by atoms with Crippen molar-refractivity contribution in [2.75, 3.05) is 35.0 Å². The third-order valence-corrected chi connectivity index (χ3v) is 7.96. The smallest absolute Gasteiger partial charge is 0.203 e. The predicted molar refractivity (Wildman–Crippen MR) is 138 cm³/mol. The molecule has 0 bridgehead atoms. The summed E-state index contributed by atoms with van der Waals surface area (Å²) in [5.41, 5.74) is 1.74. The summed E-state index contributed by atoms with van der Waals surface area (Å²) >= 11 is 0. The van der Waals surface area contributed by atoms with Gasteiger partial charge in [0.15, 0.2) is 29.1 Å². The van der Waals surface area contributed by atoms with Crippen LogP contribution in [0.2, 0.25) is 0 Å². The minimum Gasteiger partial charge on any atom is -0.493 e. The second-order valence-corrected chi connectivity index (χ2v) is 10.1. The first-order valence-electron chi connectivity index (χ1n) is 12.7. The van der Waals surface area contributed by atoms with Crippen molar-refractivity contribution in [3.63, 3.8) is 0 Å². The SMILES string of the molecule is COc1cc2c(c(OC)c1OC)CC(CCCC(C#N)(C(C)C)C1COc3ccccc3O1)N(C)C2. The van der Waals surface area contributed by atoms with E-state index in [9.17, 15) is 5.26 Å². The molecular formula is C29H38N2O5. The number of nitrogens with zero attached hydrogens (tertiary/aromatic N) is 2. The van der Waals surface area contributed by atoms with Crippen molar-refractivity contribution in [2.24, 2.45) is 11.3 Å². The standard InChI is InChI=1S/C29H38N2O5/c1-19(2)29(18-30,26-17-35-23-11-7-8-12-24(23)36-26)13-9-10-21-15-22-20(16-31(21)3)14-25(32-4)28(34-6)27(22)33-5/h7-8,11-12,14,19,21,26H,9-10,13,15-17H2,1-6H3. The van der Waals surface area contributed by atoms with Gasteiger partial charge in [0.25, 0.3) is 0 Å². The van der Waals surface area contributed by atoms with Gasteiger partial charge in [-0.3, -0.25) is 4.90 Å². The maximum atomic E-state index is 10.4. The minimum absolute atomic E-state index is 0.128. The van der Waals surface area contributed by atoms with Gasteiger partial charge in [0.2, 0.25) is 5.75 Å². The number of likely N-dealkylation sites (N-methyl/N-ethyl adjacent to an activating group) is 1. The van der Waals surface area contributed by atoms with Crippen LogP contribution >= 0.6 is 0 Å². The summed E-state index contributed by atoms with van der Waals surface area (Å²) in [5, 5.41) is 10.4. The molecule has 7 nitrogen and oxygen atoms in total. The van der Waals surface area contributed by atoms with Crippen molar-refractivity contribution in [1.29, 1.82) is 5.26 Å². The van der Waals surface area contributed by atoms with Gasteiger partial charge in [-0.15, -0.1) is 0 Å². The lowest BCUT2D eigenvalue weighted by molar-refractivity contribution is -0.0119. The van der Waals surface area contributed by atoms with Crippen molar-refractivity contribution in [3.8, 4) is 34.8 Å². The number of benzene rings is 2. The summed E-state index contributed by atoms with van der Waals surface area (Å²) < 4.78 is 29.3. The van der Waals surface area contributed by atoms with Crippen LogP contribution in [0, 0.1) is 22.7 Å². The lowest BCUT2D eigenvalue weighted by atomic mass is 9.70. The van der Waals surface area contributed by atoms with Crippen LogP contribution in [-0.4, -0.2) is 52.0 Å². The average molecular weight is 495 g/mol. The molecule has 0 N–H and O–H groups in total. The van der Waals surface area contributed by atoms with E-state index in [1.165, 1.54) is 11.1 Å². The van der Waals surface area contributed by atoms with Crippen LogP contribution in [-0.2, 0) is 13.0 Å². The van der Waals surface area contributed by atoms with Crippen molar-refractivity contribution in [1.82, 2.24) is 4.90 Å². The molecule has 0 saturated carbocycles. The van der Waals surface area contributed by atoms with E-state index in [0.717, 1.165) is 43.7 Å². The summed E-state index contributed by atoms with van der Waals surface area (Å²) in [6, 6.07) is 12.7. The number of hydrogen-bond acceptors (Lipinski definition) is 7. The summed E-state index contributed by atoms with van der Waals surface area (Å²) in [6.07, 6.45) is 3.17. The maximum Gasteiger partial charge on any atom is 0.203 e. The van der Waals surface area contributed by atoms with Gasteiger partial charge in [-0.2, -0.15) is 5.26 Å². The second kappa shape index (κ2) is 10.9. The van der Waals surface area contributed by atoms with Gasteiger partial charge in [-0.05, 0) is 56.0 Å². The Hall–Kier alpha value is -3.11. The molecule has 2 aromatic carbocycles. The van der Waals surface area contributed by atoms with Crippen molar-refractivity contribution in [2.45, 2.75) is 58.2 Å². The summed E-state index contributed by atoms with van der Waals surface area (Å²) in [5.74, 6) is 3.67. The van der Waals surface area contributed by atoms with E-state index in [1.54, 1.807) is 21.3 Å². The van der Waals surface area contributed by atoms with Crippen LogP contribution in [0.3, 0.4) is 0 Å². The van der Waals surface area contributed by atoms with Crippen LogP contribution in [0.25, 0.3) is 0 Å². The summed E-state index contributed by atoms with van der Waals surface area (Å²) in [7, 11) is 7.13. The molecule has 194 valence electrons. The third kappa shape index (κ3) is 4.67. The van der Waals surface area contributed by atoms with Gasteiger partial charge in [-0.25, -0.2) is 0 Å². The lowest BCUT2D eigenvalue weighted by Gasteiger charge is -2.41. The van der Waals surface area contributed by atoms with E-state index in [1.807, 2.05) is 24.3 Å². The van der Waals surface area contributed by atoms with Crippen LogP contribution < -0.4 is 23.7 Å². The zero-order chi connectivity index (χ0) is 25.9. The molecule has 3 unspecified atom stereocenters. The molecule has 0 amide bonds. The topological polar surface area (TPSA) is 73.2 Å². The number of fused-ring (bicyclic) bond motifs is 2. The van der Waals surface area contributed by atoms with Gasteiger partial charge in [-0.1, -0.05) is 32.4 Å². The van der Waals surface area contributed by atoms with E-state index in [2.05, 4.69) is 37.9 Å². The first-order valence-corrected chi connectivity index (χ1v) is 12.7. The van der Waals surface area contributed by atoms with E-state index >= 15 is 0 Å². The van der Waals surface area contributed by atoms with Crippen LogP contribution in [0.15, 0.2) is 30.3 Å². The molecule has 2 aliphatic heterocycles. The number of nitriles is 1. The average Bonchev–Trinajstić information content (AvgIpc) is 2.89. The molecule has 2 aliphatic rings. The lowest BCUT2D eigenvalue weighted by Crippen LogP contribution is -2.48. The quantitative estimate of drug-likeness (QED) is 0.472. The highest BCUT2D eigenvalue weighted by Crippen LogP contribution is 2.46. The molecule has 0 spiro atoms. The van der Waals surface area contributed by atoms with Gasteiger partial charge < -0.3 is 23.7 Å². The Kier molecular flexibility index (Phi) is 7.85. The summed E-state index contributed by atoms with van der Waals surface area (Å²) in [6.45, 7) is 5.42. The summed E-state index contributed by atoms with van der Waals surface area (Å²) in [4.78, 5) is 2.38. The molecule has 36 heavy (non-hydrogen) atoms. The first-order chi connectivity index (χ1) is 17.4. The highest BCUT2D eigenvalue weighted by molar-refractivity contribution is 5.60. The molecule has 0 fully saturated rings. The fourth-order valence-electron chi connectivity index (χ4n) is 5.73. The molecule has 2 heterocycles. The van der Waals surface area contributed by atoms with Gasteiger partial charge in [0.05, 0.1) is 32.8 Å². The van der Waals surface area contributed by atoms with Crippen molar-refractivity contribution in [3.05, 3.63) is 41.5 Å². The van der Waals surface area contributed by atoms with E-state index in [0.29, 0.717) is 29.9 Å². The van der Waals surface area contributed by atoms with Gasteiger partial charge in [0, 0.05) is 18.2 Å². The van der Waals surface area contributed by atoms with Crippen LogP contribution in [0.5, 0.6) is 28.7 Å². The number of hydrogen-bond donors (Lipinski definition) is 0. The van der Waals surface area contributed by atoms with Crippen LogP contribution in [0.1, 0.15) is 44.2 Å². The molecule has 0 radical (unpaired) electrons. The molecule has 0 aliphatic carbocycles. The highest BCUT2D eigenvalue weighted by atomic mass is 16.6. The number of para-hydroxylation sites is 2. The minimum atomic E-state index is -0.632. The molecule has 0 aromatic heterocycles. The van der Waals surface area contributed by atoms with Crippen molar-refractivity contribution < 1.29 is 23.7 Å². The van der Waals surface area contributed by atoms with Crippen LogP contribution in [0.4, 0.5) is 0 Å². The zero-order valence-corrected chi connectivity index (χ0v) is 22.3. The third-order valence-electron chi connectivity index (χ3n) is 7.96. The first kappa shape index (κ1) is 26.0. The fraction of sp³-hybridized carbons (Fsp3) is 0.552. The Balaban J connectivity index is 1.49. The Morgan fingerprint density at radius 1 is 1.11 bits per heavy atom. The molecule has 2 aromatic rings. The highest BCUT2D eigenvalue weighted by Gasteiger charge is 2.46. The molecule has 4 rings (SSSR count). The second-order valence-electron chi connectivity index (χ2n) is 10.1. The largest absolute Gasteiger partial charge is 0.493 e. The maximum absolute atomic E-state index is 10.4. The normalized spacial score (nSPS) is 20.7.